The van der Waals surface area contributed by atoms with E-state index in [1.54, 1.807) is 24.3 Å². The van der Waals surface area contributed by atoms with Crippen LogP contribution in [0.2, 0.25) is 0 Å². The zero-order valence-electron chi connectivity index (χ0n) is 15.8. The van der Waals surface area contributed by atoms with Crippen molar-refractivity contribution < 1.29 is 33.3 Å². The lowest BCUT2D eigenvalue weighted by Gasteiger charge is -2.23. The van der Waals surface area contributed by atoms with Crippen molar-refractivity contribution in [3.8, 4) is 17.2 Å². The molecule has 0 aliphatic carbocycles. The number of methoxy groups -OCH3 is 2. The van der Waals surface area contributed by atoms with Gasteiger partial charge in [0.15, 0.2) is 17.7 Å². The molecule has 0 heterocycles. The molecule has 8 heteroatoms. The number of carboxylic acids is 1. The van der Waals surface area contributed by atoms with Crippen LogP contribution in [0.25, 0.3) is 0 Å². The molecule has 1 amide bonds. The van der Waals surface area contributed by atoms with Crippen molar-refractivity contribution >= 4 is 11.9 Å². The first kappa shape index (κ1) is 21.0. The Kier molecular flexibility index (Phi) is 7.20. The van der Waals surface area contributed by atoms with Gasteiger partial charge in [0.2, 0.25) is 0 Å². The van der Waals surface area contributed by atoms with Gasteiger partial charge < -0.3 is 24.6 Å². The fraction of sp³-hybridized carbons (Fsp3) is 0.300. The van der Waals surface area contributed by atoms with Gasteiger partial charge in [-0.1, -0.05) is 12.1 Å². The number of carbonyl (C=O) groups excluding carboxylic acids is 1. The van der Waals surface area contributed by atoms with Gasteiger partial charge in [-0.15, -0.1) is 0 Å². The van der Waals surface area contributed by atoms with Gasteiger partial charge in [-0.3, -0.25) is 9.59 Å². The average Bonchev–Trinajstić information content (AvgIpc) is 2.68. The van der Waals surface area contributed by atoms with E-state index < -0.39 is 29.8 Å². The molecule has 2 aromatic carbocycles. The summed E-state index contributed by atoms with van der Waals surface area (Å²) in [6.45, 7) is 1.45. The molecule has 2 unspecified atom stereocenters. The minimum atomic E-state index is -1.11. The molecule has 2 rings (SSSR count). The first-order valence-corrected chi connectivity index (χ1v) is 8.51. The lowest BCUT2D eigenvalue weighted by atomic mass is 10.0. The van der Waals surface area contributed by atoms with E-state index in [0.717, 1.165) is 0 Å². The zero-order valence-corrected chi connectivity index (χ0v) is 15.8. The van der Waals surface area contributed by atoms with E-state index in [9.17, 15) is 19.1 Å². The number of amides is 1. The first-order chi connectivity index (χ1) is 13.3. The van der Waals surface area contributed by atoms with E-state index in [1.807, 2.05) is 0 Å². The molecule has 28 heavy (non-hydrogen) atoms. The Hall–Kier alpha value is -3.29. The number of ether oxygens (including phenoxy) is 3. The number of halogens is 1. The van der Waals surface area contributed by atoms with E-state index in [4.69, 9.17) is 14.2 Å². The van der Waals surface area contributed by atoms with Crippen molar-refractivity contribution in [2.75, 3.05) is 14.2 Å². The summed E-state index contributed by atoms with van der Waals surface area (Å²) in [5.41, 5.74) is 0.470. The van der Waals surface area contributed by atoms with Gasteiger partial charge in [0.05, 0.1) is 26.7 Å². The van der Waals surface area contributed by atoms with Crippen molar-refractivity contribution in [2.24, 2.45) is 0 Å². The number of hydrogen-bond acceptors (Lipinski definition) is 5. The van der Waals surface area contributed by atoms with Crippen LogP contribution in [0.15, 0.2) is 42.5 Å². The van der Waals surface area contributed by atoms with Gasteiger partial charge in [-0.25, -0.2) is 4.39 Å². The molecule has 0 aliphatic rings. The Bertz CT molecular complexity index is 841. The van der Waals surface area contributed by atoms with Crippen LogP contribution >= 0.6 is 0 Å². The van der Waals surface area contributed by atoms with Gasteiger partial charge >= 0.3 is 5.97 Å². The van der Waals surface area contributed by atoms with Crippen molar-refractivity contribution in [1.82, 2.24) is 5.32 Å². The number of rotatable bonds is 9. The molecule has 0 spiro atoms. The van der Waals surface area contributed by atoms with Crippen LogP contribution in [0.4, 0.5) is 4.39 Å². The number of aliphatic carboxylic acids is 1. The predicted octanol–water partition coefficient (Wildman–Crippen LogP) is 2.94. The van der Waals surface area contributed by atoms with Gasteiger partial charge in [0.1, 0.15) is 11.5 Å². The number of hydrogen-bond donors (Lipinski definition) is 2. The molecular formula is C20H22FNO6. The van der Waals surface area contributed by atoms with Crippen LogP contribution < -0.4 is 19.5 Å². The molecule has 7 nitrogen and oxygen atoms in total. The highest BCUT2D eigenvalue weighted by atomic mass is 19.1. The summed E-state index contributed by atoms with van der Waals surface area (Å²) < 4.78 is 29.5. The number of carbonyl (C=O) groups is 2. The van der Waals surface area contributed by atoms with E-state index in [2.05, 4.69) is 5.32 Å². The lowest BCUT2D eigenvalue weighted by Crippen LogP contribution is -2.39. The van der Waals surface area contributed by atoms with Crippen LogP contribution in [0.3, 0.4) is 0 Å². The van der Waals surface area contributed by atoms with Crippen molar-refractivity contribution in [3.05, 3.63) is 53.8 Å². The lowest BCUT2D eigenvalue weighted by molar-refractivity contribution is -0.138. The van der Waals surface area contributed by atoms with Gasteiger partial charge in [0, 0.05) is 11.6 Å². The van der Waals surface area contributed by atoms with Crippen LogP contribution in [0.1, 0.15) is 24.9 Å². The number of nitrogens with one attached hydrogen (secondary N) is 1. The second-order valence-corrected chi connectivity index (χ2v) is 5.96. The second kappa shape index (κ2) is 9.59. The summed E-state index contributed by atoms with van der Waals surface area (Å²) >= 11 is 0. The predicted molar refractivity (Wildman–Crippen MR) is 99.2 cm³/mol. The maximum absolute atomic E-state index is 13.7. The summed E-state index contributed by atoms with van der Waals surface area (Å²) in [4.78, 5) is 23.8. The van der Waals surface area contributed by atoms with Crippen LogP contribution in [0, 0.1) is 5.82 Å². The Labute approximate surface area is 162 Å². The smallest absolute Gasteiger partial charge is 0.305 e. The molecular weight excluding hydrogens is 369 g/mol. The van der Waals surface area contributed by atoms with E-state index in [0.29, 0.717) is 17.1 Å². The number of para-hydroxylation sites is 1. The maximum atomic E-state index is 13.7. The zero-order chi connectivity index (χ0) is 20.7. The maximum Gasteiger partial charge on any atom is 0.305 e. The highest BCUT2D eigenvalue weighted by Gasteiger charge is 2.25. The van der Waals surface area contributed by atoms with E-state index in [1.165, 1.54) is 39.3 Å². The summed E-state index contributed by atoms with van der Waals surface area (Å²) in [5.74, 6) is -1.47. The van der Waals surface area contributed by atoms with E-state index in [-0.39, 0.29) is 12.2 Å². The Morgan fingerprint density at radius 2 is 1.82 bits per heavy atom. The molecule has 0 fully saturated rings. The quantitative estimate of drug-likeness (QED) is 0.683. The second-order valence-electron chi connectivity index (χ2n) is 5.96. The van der Waals surface area contributed by atoms with E-state index >= 15 is 0 Å². The monoisotopic (exact) mass is 391 g/mol. The molecule has 0 saturated carbocycles. The molecule has 0 bridgehead atoms. The highest BCUT2D eigenvalue weighted by Crippen LogP contribution is 2.31. The fourth-order valence-electron chi connectivity index (χ4n) is 2.59. The van der Waals surface area contributed by atoms with Crippen molar-refractivity contribution in [3.63, 3.8) is 0 Å². The summed E-state index contributed by atoms with van der Waals surface area (Å²) in [6.07, 6.45) is -1.42. The fourth-order valence-corrected chi connectivity index (χ4v) is 2.59. The minimum Gasteiger partial charge on any atom is -0.497 e. The normalized spacial score (nSPS) is 12.6. The number of benzene rings is 2. The van der Waals surface area contributed by atoms with Crippen LogP contribution in [-0.4, -0.2) is 37.3 Å². The minimum absolute atomic E-state index is 0.0676. The molecule has 2 N–H and O–H groups in total. The molecule has 2 aromatic rings. The SMILES string of the molecule is COc1ccc(C(CC(=O)O)NC(=O)C(C)Oc2ccccc2F)c(OC)c1. The highest BCUT2D eigenvalue weighted by molar-refractivity contribution is 5.82. The molecule has 2 atom stereocenters. The molecule has 0 aliphatic heterocycles. The number of carboxylic acid groups (broad SMARTS) is 1. The first-order valence-electron chi connectivity index (χ1n) is 8.51. The van der Waals surface area contributed by atoms with Crippen molar-refractivity contribution in [2.45, 2.75) is 25.5 Å². The standard InChI is InChI=1S/C20H22FNO6/c1-12(28-17-7-5-4-6-15(17)21)20(25)22-16(11-19(23)24)14-9-8-13(26-2)10-18(14)27-3/h4-10,12,16H,11H2,1-3H3,(H,22,25)(H,23,24). The third-order valence-corrected chi connectivity index (χ3v) is 4.02. The summed E-state index contributed by atoms with van der Waals surface area (Å²) in [7, 11) is 2.93. The Balaban J connectivity index is 2.21. The largest absolute Gasteiger partial charge is 0.497 e. The topological polar surface area (TPSA) is 94.1 Å². The Morgan fingerprint density at radius 1 is 1.11 bits per heavy atom. The van der Waals surface area contributed by atoms with Crippen molar-refractivity contribution in [1.29, 1.82) is 0 Å². The van der Waals surface area contributed by atoms with Gasteiger partial charge in [-0.05, 0) is 31.2 Å². The molecule has 0 saturated heterocycles. The summed E-state index contributed by atoms with van der Waals surface area (Å²) in [6, 6.07) is 9.68. The third kappa shape index (κ3) is 5.35. The van der Waals surface area contributed by atoms with Gasteiger partial charge in [0.25, 0.3) is 5.91 Å². The van der Waals surface area contributed by atoms with Gasteiger partial charge in [-0.2, -0.15) is 0 Å². The molecule has 0 radical (unpaired) electrons. The third-order valence-electron chi connectivity index (χ3n) is 4.02. The van der Waals surface area contributed by atoms with Crippen LogP contribution in [0.5, 0.6) is 17.2 Å². The molecule has 0 aromatic heterocycles. The van der Waals surface area contributed by atoms with Crippen LogP contribution in [-0.2, 0) is 9.59 Å². The molecule has 150 valence electrons. The Morgan fingerprint density at radius 3 is 2.43 bits per heavy atom. The summed E-state index contributed by atoms with van der Waals surface area (Å²) in [5, 5.41) is 11.9. The average molecular weight is 391 g/mol.